The van der Waals surface area contributed by atoms with Crippen LogP contribution in [0.15, 0.2) is 0 Å². The Morgan fingerprint density at radius 3 is 2.65 bits per heavy atom. The number of aliphatic hydroxyl groups is 1. The molecule has 1 saturated carbocycles. The molecule has 17 heavy (non-hydrogen) atoms. The lowest BCUT2D eigenvalue weighted by Crippen LogP contribution is -2.47. The van der Waals surface area contributed by atoms with Crippen LogP contribution in [0.25, 0.3) is 0 Å². The number of methoxy groups -OCH3 is 1. The highest BCUT2D eigenvalue weighted by Crippen LogP contribution is 2.27. The van der Waals surface area contributed by atoms with E-state index < -0.39 is 5.60 Å². The summed E-state index contributed by atoms with van der Waals surface area (Å²) >= 11 is 0. The van der Waals surface area contributed by atoms with Crippen LogP contribution in [0, 0.1) is 0 Å². The Morgan fingerprint density at radius 2 is 2.06 bits per heavy atom. The largest absolute Gasteiger partial charge is 0.389 e. The maximum absolute atomic E-state index is 10.4. The van der Waals surface area contributed by atoms with Gasteiger partial charge in [0.25, 0.3) is 0 Å². The number of hydrogen-bond acceptors (Lipinski definition) is 4. The fourth-order valence-electron chi connectivity index (χ4n) is 2.53. The Balaban J connectivity index is 2.28. The smallest absolute Gasteiger partial charge is 0.0771 e. The second kappa shape index (κ2) is 8.03. The second-order valence-electron chi connectivity index (χ2n) is 5.25. The SMILES string of the molecule is COCC(CCCN)NCC1(O)CCCCC1. The van der Waals surface area contributed by atoms with Crippen LogP contribution >= 0.6 is 0 Å². The Hall–Kier alpha value is -0.160. The lowest BCUT2D eigenvalue weighted by Gasteiger charge is -2.33. The molecule has 1 rings (SSSR count). The van der Waals surface area contributed by atoms with E-state index in [0.717, 1.165) is 38.5 Å². The molecule has 4 nitrogen and oxygen atoms in total. The second-order valence-corrected chi connectivity index (χ2v) is 5.25. The van der Waals surface area contributed by atoms with Crippen molar-refractivity contribution in [3.05, 3.63) is 0 Å². The number of nitrogens with one attached hydrogen (secondary N) is 1. The fourth-order valence-corrected chi connectivity index (χ4v) is 2.53. The van der Waals surface area contributed by atoms with Gasteiger partial charge < -0.3 is 20.9 Å². The lowest BCUT2D eigenvalue weighted by molar-refractivity contribution is -0.000107. The first kappa shape index (κ1) is 14.9. The Labute approximate surface area is 105 Å². The van der Waals surface area contributed by atoms with Crippen LogP contribution in [0.4, 0.5) is 0 Å². The average molecular weight is 244 g/mol. The first-order valence-electron chi connectivity index (χ1n) is 6.85. The fraction of sp³-hybridized carbons (Fsp3) is 1.00. The minimum absolute atomic E-state index is 0.314. The average Bonchev–Trinajstić information content (AvgIpc) is 2.34. The summed E-state index contributed by atoms with van der Waals surface area (Å²) in [5, 5.41) is 13.8. The van der Waals surface area contributed by atoms with Crippen LogP contribution in [-0.2, 0) is 4.74 Å². The molecule has 0 spiro atoms. The highest BCUT2D eigenvalue weighted by atomic mass is 16.5. The minimum Gasteiger partial charge on any atom is -0.389 e. The molecule has 0 aromatic carbocycles. The lowest BCUT2D eigenvalue weighted by atomic mass is 9.84. The summed E-state index contributed by atoms with van der Waals surface area (Å²) in [6.45, 7) is 2.09. The van der Waals surface area contributed by atoms with Gasteiger partial charge in [-0.25, -0.2) is 0 Å². The third-order valence-electron chi connectivity index (χ3n) is 3.63. The highest BCUT2D eigenvalue weighted by molar-refractivity contribution is 4.85. The van der Waals surface area contributed by atoms with Gasteiger partial charge in [-0.15, -0.1) is 0 Å². The van der Waals surface area contributed by atoms with Gasteiger partial charge in [-0.3, -0.25) is 0 Å². The zero-order chi connectivity index (χ0) is 12.6. The standard InChI is InChI=1S/C13H28N2O2/c1-17-10-12(6-5-9-14)15-11-13(16)7-3-2-4-8-13/h12,15-16H,2-11,14H2,1H3. The Kier molecular flexibility index (Phi) is 7.04. The Bertz CT molecular complexity index is 194. The molecule has 102 valence electrons. The van der Waals surface area contributed by atoms with Crippen LogP contribution in [0.2, 0.25) is 0 Å². The third kappa shape index (κ3) is 5.82. The monoisotopic (exact) mass is 244 g/mol. The van der Waals surface area contributed by atoms with Crippen molar-refractivity contribution in [2.45, 2.75) is 56.6 Å². The zero-order valence-electron chi connectivity index (χ0n) is 11.1. The molecule has 1 atom stereocenters. The van der Waals surface area contributed by atoms with E-state index in [0.29, 0.717) is 25.7 Å². The molecule has 4 N–H and O–H groups in total. The molecule has 0 aliphatic heterocycles. The summed E-state index contributed by atoms with van der Waals surface area (Å²) in [6.07, 6.45) is 7.43. The van der Waals surface area contributed by atoms with Crippen LogP contribution in [-0.4, -0.2) is 43.6 Å². The van der Waals surface area contributed by atoms with Gasteiger partial charge in [-0.2, -0.15) is 0 Å². The van der Waals surface area contributed by atoms with Crippen LogP contribution in [0.3, 0.4) is 0 Å². The van der Waals surface area contributed by atoms with Gasteiger partial charge in [0, 0.05) is 19.7 Å². The van der Waals surface area contributed by atoms with E-state index in [1.807, 2.05) is 0 Å². The molecule has 1 aliphatic rings. The van der Waals surface area contributed by atoms with Gasteiger partial charge in [0.05, 0.1) is 12.2 Å². The molecule has 0 bridgehead atoms. The highest BCUT2D eigenvalue weighted by Gasteiger charge is 2.29. The number of nitrogens with two attached hydrogens (primary N) is 1. The van der Waals surface area contributed by atoms with E-state index in [1.165, 1.54) is 6.42 Å². The molecule has 4 heteroatoms. The third-order valence-corrected chi connectivity index (χ3v) is 3.63. The van der Waals surface area contributed by atoms with Crippen molar-refractivity contribution in [1.82, 2.24) is 5.32 Å². The molecule has 0 radical (unpaired) electrons. The summed E-state index contributed by atoms with van der Waals surface area (Å²) < 4.78 is 5.19. The predicted molar refractivity (Wildman–Crippen MR) is 70.0 cm³/mol. The van der Waals surface area contributed by atoms with Crippen molar-refractivity contribution in [3.63, 3.8) is 0 Å². The molecule has 1 fully saturated rings. The van der Waals surface area contributed by atoms with Crippen LogP contribution in [0.1, 0.15) is 44.9 Å². The van der Waals surface area contributed by atoms with E-state index >= 15 is 0 Å². The summed E-state index contributed by atoms with van der Waals surface area (Å²) in [5.74, 6) is 0. The normalized spacial score (nSPS) is 21.4. The molecule has 0 saturated heterocycles. The van der Waals surface area contributed by atoms with Crippen molar-refractivity contribution in [1.29, 1.82) is 0 Å². The zero-order valence-corrected chi connectivity index (χ0v) is 11.1. The van der Waals surface area contributed by atoms with Gasteiger partial charge in [0.2, 0.25) is 0 Å². The van der Waals surface area contributed by atoms with E-state index in [1.54, 1.807) is 7.11 Å². The Morgan fingerprint density at radius 1 is 1.35 bits per heavy atom. The number of ether oxygens (including phenoxy) is 1. The van der Waals surface area contributed by atoms with E-state index in [2.05, 4.69) is 5.32 Å². The summed E-state index contributed by atoms with van der Waals surface area (Å²) in [5.41, 5.74) is 5.03. The topological polar surface area (TPSA) is 67.5 Å². The van der Waals surface area contributed by atoms with E-state index in [-0.39, 0.29) is 0 Å². The van der Waals surface area contributed by atoms with Gasteiger partial charge in [0.15, 0.2) is 0 Å². The van der Waals surface area contributed by atoms with Crippen molar-refractivity contribution < 1.29 is 9.84 Å². The molecule has 1 unspecified atom stereocenters. The van der Waals surface area contributed by atoms with Crippen molar-refractivity contribution >= 4 is 0 Å². The molecule has 0 amide bonds. The molecule has 0 aromatic rings. The maximum atomic E-state index is 10.4. The quantitative estimate of drug-likeness (QED) is 0.596. The van der Waals surface area contributed by atoms with Gasteiger partial charge in [-0.05, 0) is 32.2 Å². The molecule has 1 aliphatic carbocycles. The minimum atomic E-state index is -0.493. The first-order valence-corrected chi connectivity index (χ1v) is 6.85. The number of hydrogen-bond donors (Lipinski definition) is 3. The van der Waals surface area contributed by atoms with Gasteiger partial charge in [0.1, 0.15) is 0 Å². The summed E-state index contributed by atoms with van der Waals surface area (Å²) in [7, 11) is 1.71. The van der Waals surface area contributed by atoms with Crippen molar-refractivity contribution in [2.75, 3.05) is 26.8 Å². The predicted octanol–water partition coefficient (Wildman–Crippen LogP) is 1.03. The summed E-state index contributed by atoms with van der Waals surface area (Å²) in [6, 6.07) is 0.314. The van der Waals surface area contributed by atoms with Crippen molar-refractivity contribution in [3.8, 4) is 0 Å². The molecule has 0 heterocycles. The van der Waals surface area contributed by atoms with Crippen LogP contribution in [0.5, 0.6) is 0 Å². The maximum Gasteiger partial charge on any atom is 0.0771 e. The van der Waals surface area contributed by atoms with Crippen LogP contribution < -0.4 is 11.1 Å². The molecular formula is C13H28N2O2. The number of rotatable bonds is 8. The van der Waals surface area contributed by atoms with E-state index in [9.17, 15) is 5.11 Å². The van der Waals surface area contributed by atoms with Gasteiger partial charge in [-0.1, -0.05) is 19.3 Å². The summed E-state index contributed by atoms with van der Waals surface area (Å²) in [4.78, 5) is 0. The first-order chi connectivity index (χ1) is 8.20. The van der Waals surface area contributed by atoms with Gasteiger partial charge >= 0.3 is 0 Å². The molecule has 0 aromatic heterocycles. The van der Waals surface area contributed by atoms with E-state index in [4.69, 9.17) is 10.5 Å². The van der Waals surface area contributed by atoms with Crippen molar-refractivity contribution in [2.24, 2.45) is 5.73 Å². The molecular weight excluding hydrogens is 216 g/mol.